The minimum Gasteiger partial charge on any atom is -0.461 e. The molecule has 7 nitrogen and oxygen atoms in total. The molecule has 1 amide bonds. The number of hydrazone groups is 1. The Hall–Kier alpha value is -2.41. The molecule has 1 aliphatic rings. The largest absolute Gasteiger partial charge is 0.461 e. The van der Waals surface area contributed by atoms with Gasteiger partial charge in [0.05, 0.1) is 12.3 Å². The lowest BCUT2D eigenvalue weighted by Crippen LogP contribution is -2.26. The van der Waals surface area contributed by atoms with Crippen molar-refractivity contribution in [3.05, 3.63) is 29.8 Å². The summed E-state index contributed by atoms with van der Waals surface area (Å²) in [6.45, 7) is 4.64. The van der Waals surface area contributed by atoms with Crippen LogP contribution in [0.3, 0.4) is 0 Å². The number of anilines is 1. The first-order valence-electron chi connectivity index (χ1n) is 10.0. The fourth-order valence-electron chi connectivity index (χ4n) is 3.06. The van der Waals surface area contributed by atoms with E-state index in [9.17, 15) is 9.59 Å². The number of ether oxygens (including phenoxy) is 1. The number of rotatable bonds is 11. The molecule has 7 heteroatoms. The van der Waals surface area contributed by atoms with Crippen LogP contribution in [0.25, 0.3) is 0 Å². The number of benzene rings is 1. The maximum Gasteiger partial charge on any atom is 0.354 e. The Bertz CT molecular complexity index is 671. The van der Waals surface area contributed by atoms with E-state index in [1.807, 2.05) is 43.3 Å². The Morgan fingerprint density at radius 2 is 2.04 bits per heavy atom. The molecule has 1 N–H and O–H groups in total. The Labute approximate surface area is 167 Å². The van der Waals surface area contributed by atoms with Crippen molar-refractivity contribution < 1.29 is 14.3 Å². The van der Waals surface area contributed by atoms with Crippen LogP contribution in [-0.4, -0.2) is 67.7 Å². The molecule has 1 aliphatic heterocycles. The Kier molecular flexibility index (Phi) is 8.94. The second-order valence-corrected chi connectivity index (χ2v) is 7.23. The SMILES string of the molecule is CCOC(=O)/C(CCCN(C)C)=N\Nc1ccc(CCN2CCCC2=O)cc1. The Morgan fingerprint density at radius 1 is 1.29 bits per heavy atom. The third-order valence-corrected chi connectivity index (χ3v) is 4.65. The summed E-state index contributed by atoms with van der Waals surface area (Å²) in [5, 5.41) is 4.28. The molecule has 0 aliphatic carbocycles. The maximum atomic E-state index is 12.1. The average Bonchev–Trinajstić information content (AvgIpc) is 3.08. The van der Waals surface area contributed by atoms with Crippen molar-refractivity contribution in [2.24, 2.45) is 5.10 Å². The van der Waals surface area contributed by atoms with Gasteiger partial charge in [0.25, 0.3) is 0 Å². The topological polar surface area (TPSA) is 74.2 Å². The van der Waals surface area contributed by atoms with Gasteiger partial charge in [-0.1, -0.05) is 12.1 Å². The van der Waals surface area contributed by atoms with Crippen LogP contribution in [-0.2, 0) is 20.7 Å². The molecule has 0 aromatic heterocycles. The summed E-state index contributed by atoms with van der Waals surface area (Å²) < 4.78 is 5.10. The van der Waals surface area contributed by atoms with Crippen LogP contribution in [0.15, 0.2) is 29.4 Å². The molecule has 0 radical (unpaired) electrons. The third kappa shape index (κ3) is 7.31. The molecule has 0 bridgehead atoms. The molecule has 0 unspecified atom stereocenters. The fraction of sp³-hybridized carbons (Fsp3) is 0.571. The molecule has 1 saturated heterocycles. The molecular formula is C21H32N4O3. The molecule has 0 atom stereocenters. The van der Waals surface area contributed by atoms with Gasteiger partial charge in [0.1, 0.15) is 5.71 Å². The van der Waals surface area contributed by atoms with E-state index in [-0.39, 0.29) is 11.9 Å². The van der Waals surface area contributed by atoms with Gasteiger partial charge in [0, 0.05) is 25.9 Å². The first kappa shape index (κ1) is 21.9. The molecule has 0 saturated carbocycles. The van der Waals surface area contributed by atoms with Crippen LogP contribution in [0.2, 0.25) is 0 Å². The summed E-state index contributed by atoms with van der Waals surface area (Å²) in [7, 11) is 4.00. The predicted octanol–water partition coefficient (Wildman–Crippen LogP) is 2.52. The van der Waals surface area contributed by atoms with Crippen molar-refractivity contribution in [3.8, 4) is 0 Å². The lowest BCUT2D eigenvalue weighted by Gasteiger charge is -2.15. The molecule has 28 heavy (non-hydrogen) atoms. The van der Waals surface area contributed by atoms with E-state index in [4.69, 9.17) is 4.74 Å². The van der Waals surface area contributed by atoms with Crippen LogP contribution >= 0.6 is 0 Å². The second kappa shape index (κ2) is 11.4. The first-order chi connectivity index (χ1) is 13.5. The van der Waals surface area contributed by atoms with Crippen LogP contribution in [0, 0.1) is 0 Å². The molecule has 1 aromatic rings. The zero-order chi connectivity index (χ0) is 20.4. The molecule has 154 valence electrons. The van der Waals surface area contributed by atoms with Crippen molar-refractivity contribution in [1.82, 2.24) is 9.80 Å². The number of nitrogens with one attached hydrogen (secondary N) is 1. The standard InChI is InChI=1S/C21H32N4O3/c1-4-28-21(27)19(7-5-14-24(2)3)23-22-18-11-9-17(10-12-18)13-16-25-15-6-8-20(25)26/h9-12,22H,4-8,13-16H2,1-3H3/b23-19-. The van der Waals surface area contributed by atoms with Crippen molar-refractivity contribution in [3.63, 3.8) is 0 Å². The molecular weight excluding hydrogens is 356 g/mol. The molecule has 0 spiro atoms. The highest BCUT2D eigenvalue weighted by Gasteiger charge is 2.19. The van der Waals surface area contributed by atoms with Crippen LogP contribution < -0.4 is 5.43 Å². The zero-order valence-electron chi connectivity index (χ0n) is 17.2. The van der Waals surface area contributed by atoms with E-state index in [1.54, 1.807) is 6.92 Å². The van der Waals surface area contributed by atoms with Gasteiger partial charge in [-0.25, -0.2) is 4.79 Å². The minimum atomic E-state index is -0.374. The molecule has 1 fully saturated rings. The van der Waals surface area contributed by atoms with Gasteiger partial charge < -0.3 is 14.5 Å². The highest BCUT2D eigenvalue weighted by Crippen LogP contribution is 2.14. The van der Waals surface area contributed by atoms with E-state index in [0.717, 1.165) is 44.6 Å². The predicted molar refractivity (Wildman–Crippen MR) is 111 cm³/mol. The quantitative estimate of drug-likeness (QED) is 0.358. The van der Waals surface area contributed by atoms with Crippen LogP contribution in [0.4, 0.5) is 5.69 Å². The monoisotopic (exact) mass is 388 g/mol. The van der Waals surface area contributed by atoms with Crippen molar-refractivity contribution >= 4 is 23.3 Å². The van der Waals surface area contributed by atoms with Crippen molar-refractivity contribution in [2.45, 2.75) is 39.0 Å². The van der Waals surface area contributed by atoms with Gasteiger partial charge in [-0.05, 0) is 64.5 Å². The summed E-state index contributed by atoms with van der Waals surface area (Å²) >= 11 is 0. The van der Waals surface area contributed by atoms with Crippen LogP contribution in [0.1, 0.15) is 38.2 Å². The van der Waals surface area contributed by atoms with Gasteiger partial charge in [0.15, 0.2) is 0 Å². The highest BCUT2D eigenvalue weighted by atomic mass is 16.5. The van der Waals surface area contributed by atoms with Gasteiger partial charge in [0.2, 0.25) is 5.91 Å². The summed E-state index contributed by atoms with van der Waals surface area (Å²) in [4.78, 5) is 27.8. The van der Waals surface area contributed by atoms with E-state index < -0.39 is 0 Å². The van der Waals surface area contributed by atoms with E-state index in [1.165, 1.54) is 5.56 Å². The summed E-state index contributed by atoms with van der Waals surface area (Å²) in [6.07, 6.45) is 3.88. The fourth-order valence-corrected chi connectivity index (χ4v) is 3.06. The van der Waals surface area contributed by atoms with Gasteiger partial charge in [-0.2, -0.15) is 5.10 Å². The summed E-state index contributed by atoms with van der Waals surface area (Å²) in [6, 6.07) is 7.92. The zero-order valence-corrected chi connectivity index (χ0v) is 17.2. The Morgan fingerprint density at radius 3 is 2.64 bits per heavy atom. The normalized spacial score (nSPS) is 14.6. The maximum absolute atomic E-state index is 12.1. The van der Waals surface area contributed by atoms with Gasteiger partial charge in [-0.3, -0.25) is 10.2 Å². The van der Waals surface area contributed by atoms with Crippen molar-refractivity contribution in [2.75, 3.05) is 45.8 Å². The minimum absolute atomic E-state index is 0.258. The second-order valence-electron chi connectivity index (χ2n) is 7.23. The number of hydrogen-bond donors (Lipinski definition) is 1. The van der Waals surface area contributed by atoms with Gasteiger partial charge in [-0.15, -0.1) is 0 Å². The van der Waals surface area contributed by atoms with E-state index >= 15 is 0 Å². The smallest absolute Gasteiger partial charge is 0.354 e. The average molecular weight is 389 g/mol. The van der Waals surface area contributed by atoms with E-state index in [0.29, 0.717) is 25.2 Å². The van der Waals surface area contributed by atoms with Gasteiger partial charge >= 0.3 is 5.97 Å². The number of carbonyl (C=O) groups excluding carboxylic acids is 2. The number of likely N-dealkylation sites (tertiary alicyclic amines) is 1. The number of nitrogens with zero attached hydrogens (tertiary/aromatic N) is 3. The van der Waals surface area contributed by atoms with Crippen molar-refractivity contribution in [1.29, 1.82) is 0 Å². The van der Waals surface area contributed by atoms with E-state index in [2.05, 4.69) is 15.4 Å². The number of amides is 1. The third-order valence-electron chi connectivity index (χ3n) is 4.65. The van der Waals surface area contributed by atoms with Crippen LogP contribution in [0.5, 0.6) is 0 Å². The molecule has 1 heterocycles. The summed E-state index contributed by atoms with van der Waals surface area (Å²) in [5.41, 5.74) is 5.35. The summed E-state index contributed by atoms with van der Waals surface area (Å²) in [5.74, 6) is -0.117. The molecule has 2 rings (SSSR count). The highest BCUT2D eigenvalue weighted by molar-refractivity contribution is 6.36. The first-order valence-corrected chi connectivity index (χ1v) is 10.0. The Balaban J connectivity index is 1.89. The number of esters is 1. The number of hydrogen-bond acceptors (Lipinski definition) is 6. The number of carbonyl (C=O) groups is 2. The lowest BCUT2D eigenvalue weighted by molar-refractivity contribution is -0.135. The lowest BCUT2D eigenvalue weighted by atomic mass is 10.1. The molecule has 1 aromatic carbocycles.